The summed E-state index contributed by atoms with van der Waals surface area (Å²) in [7, 11) is 0. The molecule has 6 nitrogen and oxygen atoms in total. The van der Waals surface area contributed by atoms with Gasteiger partial charge in [0, 0.05) is 17.5 Å². The Kier molecular flexibility index (Phi) is 5.38. The Labute approximate surface area is 180 Å². The number of nitrogens with one attached hydrogen (secondary N) is 1. The van der Waals surface area contributed by atoms with Crippen molar-refractivity contribution in [2.45, 2.75) is 25.7 Å². The van der Waals surface area contributed by atoms with E-state index in [2.05, 4.69) is 60.8 Å². The summed E-state index contributed by atoms with van der Waals surface area (Å²) >= 11 is 0. The number of nitro benzene ring substituents is 1. The van der Waals surface area contributed by atoms with Crippen LogP contribution in [-0.2, 0) is 10.2 Å². The van der Waals surface area contributed by atoms with Gasteiger partial charge in [0.2, 0.25) is 5.91 Å². The van der Waals surface area contributed by atoms with Crippen LogP contribution < -0.4 is 5.43 Å². The van der Waals surface area contributed by atoms with Crippen LogP contribution in [0.1, 0.15) is 34.2 Å². The standard InChI is InChI=1S/C25H23N3O3/c1-17-5-3-7-20(13-17)25(21-8-4-6-18(2)14-21)15-23(25)24(29)27-26-16-19-9-11-22(12-10-19)28(30)31/h3-14,16,23H,15H2,1-2H3,(H,27,29)/b26-16+. The van der Waals surface area contributed by atoms with Crippen LogP contribution in [-0.4, -0.2) is 17.0 Å². The van der Waals surface area contributed by atoms with Gasteiger partial charge in [0.05, 0.1) is 17.1 Å². The molecule has 6 heteroatoms. The fourth-order valence-corrected chi connectivity index (χ4v) is 4.16. The number of carbonyl (C=O) groups excluding carboxylic acids is 1. The summed E-state index contributed by atoms with van der Waals surface area (Å²) in [6, 6.07) is 22.6. The van der Waals surface area contributed by atoms with Gasteiger partial charge < -0.3 is 0 Å². The summed E-state index contributed by atoms with van der Waals surface area (Å²) in [5.74, 6) is -0.355. The number of carbonyl (C=O) groups is 1. The minimum atomic E-state index is -0.452. The van der Waals surface area contributed by atoms with Crippen molar-refractivity contribution < 1.29 is 9.72 Å². The van der Waals surface area contributed by atoms with Gasteiger partial charge in [-0.25, -0.2) is 5.43 Å². The highest BCUT2D eigenvalue weighted by atomic mass is 16.6. The zero-order chi connectivity index (χ0) is 22.0. The predicted octanol–water partition coefficient (Wildman–Crippen LogP) is 4.67. The first-order valence-electron chi connectivity index (χ1n) is 10.1. The smallest absolute Gasteiger partial charge is 0.269 e. The van der Waals surface area contributed by atoms with Crippen LogP contribution in [0, 0.1) is 29.9 Å². The van der Waals surface area contributed by atoms with Crippen molar-refractivity contribution in [3.63, 3.8) is 0 Å². The number of hydrogen-bond donors (Lipinski definition) is 1. The Balaban J connectivity index is 1.54. The van der Waals surface area contributed by atoms with E-state index in [0.717, 1.165) is 28.7 Å². The molecular formula is C25H23N3O3. The number of rotatable bonds is 6. The number of nitrogens with zero attached hydrogens (tertiary/aromatic N) is 2. The minimum absolute atomic E-state index is 0.0141. The Bertz CT molecular complexity index is 1120. The van der Waals surface area contributed by atoms with Crippen LogP contribution in [0.15, 0.2) is 77.9 Å². The van der Waals surface area contributed by atoms with E-state index < -0.39 is 4.92 Å². The number of hydrogen-bond acceptors (Lipinski definition) is 4. The summed E-state index contributed by atoms with van der Waals surface area (Å²) in [5.41, 5.74) is 7.57. The zero-order valence-corrected chi connectivity index (χ0v) is 17.4. The van der Waals surface area contributed by atoms with E-state index in [9.17, 15) is 14.9 Å². The maximum absolute atomic E-state index is 13.0. The number of amides is 1. The molecule has 0 saturated heterocycles. The summed E-state index contributed by atoms with van der Waals surface area (Å²) in [4.78, 5) is 23.3. The highest BCUT2D eigenvalue weighted by Crippen LogP contribution is 2.59. The molecule has 0 radical (unpaired) electrons. The van der Waals surface area contributed by atoms with Crippen molar-refractivity contribution in [3.8, 4) is 0 Å². The van der Waals surface area contributed by atoms with Gasteiger partial charge in [0.1, 0.15) is 0 Å². The Hall–Kier alpha value is -3.80. The van der Waals surface area contributed by atoms with Crippen molar-refractivity contribution in [1.29, 1.82) is 0 Å². The molecule has 1 aliphatic rings. The van der Waals surface area contributed by atoms with Crippen molar-refractivity contribution >= 4 is 17.8 Å². The van der Waals surface area contributed by atoms with E-state index in [1.165, 1.54) is 18.3 Å². The van der Waals surface area contributed by atoms with Crippen molar-refractivity contribution in [3.05, 3.63) is 111 Å². The molecule has 1 fully saturated rings. The van der Waals surface area contributed by atoms with Gasteiger partial charge in [-0.1, -0.05) is 59.7 Å². The third-order valence-electron chi connectivity index (χ3n) is 5.84. The van der Waals surface area contributed by atoms with Crippen LogP contribution in [0.25, 0.3) is 0 Å². The lowest BCUT2D eigenvalue weighted by Gasteiger charge is -2.19. The van der Waals surface area contributed by atoms with Crippen LogP contribution in [0.3, 0.4) is 0 Å². The number of aryl methyl sites for hydroxylation is 2. The van der Waals surface area contributed by atoms with E-state index in [0.29, 0.717) is 5.56 Å². The highest BCUT2D eigenvalue weighted by Gasteiger charge is 2.60. The third-order valence-corrected chi connectivity index (χ3v) is 5.84. The number of hydrazone groups is 1. The van der Waals surface area contributed by atoms with Crippen LogP contribution >= 0.6 is 0 Å². The largest absolute Gasteiger partial charge is 0.273 e. The average Bonchev–Trinajstić information content (AvgIpc) is 3.51. The molecule has 1 amide bonds. The topological polar surface area (TPSA) is 84.6 Å². The molecule has 0 spiro atoms. The summed E-state index contributed by atoms with van der Waals surface area (Å²) in [6.07, 6.45) is 2.21. The van der Waals surface area contributed by atoms with Gasteiger partial charge in [-0.3, -0.25) is 14.9 Å². The minimum Gasteiger partial charge on any atom is -0.273 e. The van der Waals surface area contributed by atoms with Gasteiger partial charge in [0.15, 0.2) is 0 Å². The molecule has 3 aromatic rings. The molecule has 0 bridgehead atoms. The third kappa shape index (κ3) is 4.10. The molecule has 0 aliphatic heterocycles. The fraction of sp³-hybridized carbons (Fsp3) is 0.200. The van der Waals surface area contributed by atoms with E-state index in [4.69, 9.17) is 0 Å². The van der Waals surface area contributed by atoms with Crippen LogP contribution in [0.4, 0.5) is 5.69 Å². The first-order chi connectivity index (χ1) is 14.9. The monoisotopic (exact) mass is 413 g/mol. The van der Waals surface area contributed by atoms with Gasteiger partial charge in [-0.15, -0.1) is 0 Å². The van der Waals surface area contributed by atoms with E-state index in [1.807, 2.05) is 12.1 Å². The Morgan fingerprint density at radius 2 is 1.61 bits per heavy atom. The maximum atomic E-state index is 13.0. The molecule has 156 valence electrons. The molecule has 4 rings (SSSR count). The normalized spacial score (nSPS) is 16.8. The SMILES string of the molecule is Cc1cccc(C2(c3cccc(C)c3)CC2C(=O)N/N=C/c2ccc([N+](=O)[O-])cc2)c1. The molecular weight excluding hydrogens is 390 g/mol. The molecule has 1 N–H and O–H groups in total. The van der Waals surface area contributed by atoms with E-state index in [-0.39, 0.29) is 22.9 Å². The predicted molar refractivity (Wildman–Crippen MR) is 120 cm³/mol. The molecule has 1 unspecified atom stereocenters. The lowest BCUT2D eigenvalue weighted by Crippen LogP contribution is -2.25. The number of benzene rings is 3. The molecule has 1 aliphatic carbocycles. The summed E-state index contributed by atoms with van der Waals surface area (Å²) in [5, 5.41) is 14.8. The van der Waals surface area contributed by atoms with E-state index in [1.54, 1.807) is 12.1 Å². The summed E-state index contributed by atoms with van der Waals surface area (Å²) < 4.78 is 0. The molecule has 3 aromatic carbocycles. The summed E-state index contributed by atoms with van der Waals surface area (Å²) in [6.45, 7) is 4.11. The Morgan fingerprint density at radius 1 is 1.03 bits per heavy atom. The van der Waals surface area contributed by atoms with E-state index >= 15 is 0 Å². The highest BCUT2D eigenvalue weighted by molar-refractivity contribution is 5.87. The maximum Gasteiger partial charge on any atom is 0.269 e. The number of nitro groups is 1. The van der Waals surface area contributed by atoms with Crippen LogP contribution in [0.2, 0.25) is 0 Å². The van der Waals surface area contributed by atoms with Crippen molar-refractivity contribution in [2.24, 2.45) is 11.0 Å². The fourth-order valence-electron chi connectivity index (χ4n) is 4.16. The molecule has 1 saturated carbocycles. The first-order valence-corrected chi connectivity index (χ1v) is 10.1. The molecule has 1 atom stereocenters. The zero-order valence-electron chi connectivity index (χ0n) is 17.4. The molecule has 31 heavy (non-hydrogen) atoms. The van der Waals surface area contributed by atoms with Crippen LogP contribution in [0.5, 0.6) is 0 Å². The number of non-ortho nitro benzene ring substituents is 1. The Morgan fingerprint density at radius 3 is 2.13 bits per heavy atom. The molecule has 0 aromatic heterocycles. The van der Waals surface area contributed by atoms with Gasteiger partial charge in [-0.05, 0) is 49.1 Å². The second-order valence-electron chi connectivity index (χ2n) is 8.05. The molecule has 0 heterocycles. The van der Waals surface area contributed by atoms with Crippen molar-refractivity contribution in [2.75, 3.05) is 0 Å². The second kappa shape index (κ2) is 8.14. The first kappa shape index (κ1) is 20.5. The lowest BCUT2D eigenvalue weighted by molar-refractivity contribution is -0.384. The van der Waals surface area contributed by atoms with Gasteiger partial charge in [-0.2, -0.15) is 5.10 Å². The van der Waals surface area contributed by atoms with Crippen molar-refractivity contribution in [1.82, 2.24) is 5.43 Å². The van der Waals surface area contributed by atoms with Gasteiger partial charge in [0.25, 0.3) is 5.69 Å². The quantitative estimate of drug-likeness (QED) is 0.362. The average molecular weight is 413 g/mol. The second-order valence-corrected chi connectivity index (χ2v) is 8.05. The van der Waals surface area contributed by atoms with Gasteiger partial charge >= 0.3 is 0 Å². The lowest BCUT2D eigenvalue weighted by atomic mass is 9.84.